The van der Waals surface area contributed by atoms with Crippen molar-refractivity contribution in [2.75, 3.05) is 0 Å². The van der Waals surface area contributed by atoms with Crippen LogP contribution >= 0.6 is 0 Å². The van der Waals surface area contributed by atoms with Gasteiger partial charge in [-0.3, -0.25) is 0 Å². The summed E-state index contributed by atoms with van der Waals surface area (Å²) in [4.78, 5) is 4.46. The molecule has 0 saturated carbocycles. The molecule has 3 aromatic rings. The Labute approximate surface area is 117 Å². The fraction of sp³-hybridized carbons (Fsp3) is 0.188. The van der Waals surface area contributed by atoms with Crippen LogP contribution in [0.3, 0.4) is 0 Å². The molecule has 4 heteroatoms. The molecule has 100 valence electrons. The lowest BCUT2D eigenvalue weighted by atomic mass is 10.0. The predicted molar refractivity (Wildman–Crippen MR) is 78.8 cm³/mol. The monoisotopic (exact) mass is 264 g/mol. The highest BCUT2D eigenvalue weighted by molar-refractivity contribution is 5.75. The normalized spacial score (nSPS) is 22.4. The molecule has 4 nitrogen and oxygen atoms in total. The summed E-state index contributed by atoms with van der Waals surface area (Å²) in [5.74, 6) is 0. The standard InChI is InChI=1S/C16H16N4/c1-2-6-12(7-3-1)14-10-16(19-18-14)20-11-17-13-8-4-5-9-15(13)20/h1-9,11,14,16,18-19H,10H2. The summed E-state index contributed by atoms with van der Waals surface area (Å²) in [7, 11) is 0. The van der Waals surface area contributed by atoms with Crippen molar-refractivity contribution in [3.05, 3.63) is 66.5 Å². The third-order valence-electron chi connectivity index (χ3n) is 3.90. The molecule has 0 spiro atoms. The molecule has 1 aliphatic rings. The first kappa shape index (κ1) is 11.6. The van der Waals surface area contributed by atoms with Crippen molar-refractivity contribution in [3.8, 4) is 0 Å². The maximum absolute atomic E-state index is 4.46. The lowest BCUT2D eigenvalue weighted by Crippen LogP contribution is -2.29. The van der Waals surface area contributed by atoms with Crippen LogP contribution in [0.2, 0.25) is 0 Å². The Morgan fingerprint density at radius 3 is 2.65 bits per heavy atom. The van der Waals surface area contributed by atoms with Crippen LogP contribution in [0.1, 0.15) is 24.2 Å². The molecule has 2 N–H and O–H groups in total. The molecule has 2 unspecified atom stereocenters. The van der Waals surface area contributed by atoms with Gasteiger partial charge in [-0.1, -0.05) is 42.5 Å². The molecule has 1 aliphatic heterocycles. The van der Waals surface area contributed by atoms with E-state index in [2.05, 4.69) is 56.8 Å². The molecule has 0 aliphatic carbocycles. The molecule has 0 radical (unpaired) electrons. The Morgan fingerprint density at radius 1 is 0.950 bits per heavy atom. The van der Waals surface area contributed by atoms with Crippen molar-refractivity contribution in [2.45, 2.75) is 18.6 Å². The molecular formula is C16H16N4. The number of nitrogens with zero attached hydrogens (tertiary/aromatic N) is 2. The summed E-state index contributed by atoms with van der Waals surface area (Å²) in [5, 5.41) is 0. The van der Waals surface area contributed by atoms with E-state index in [9.17, 15) is 0 Å². The molecule has 20 heavy (non-hydrogen) atoms. The van der Waals surface area contributed by atoms with Gasteiger partial charge in [-0.05, 0) is 17.7 Å². The number of aromatic nitrogens is 2. The maximum atomic E-state index is 4.46. The van der Waals surface area contributed by atoms with Crippen LogP contribution in [-0.4, -0.2) is 9.55 Å². The van der Waals surface area contributed by atoms with E-state index >= 15 is 0 Å². The lowest BCUT2D eigenvalue weighted by molar-refractivity contribution is 0.451. The van der Waals surface area contributed by atoms with Crippen molar-refractivity contribution in [1.82, 2.24) is 20.4 Å². The van der Waals surface area contributed by atoms with E-state index in [1.165, 1.54) is 11.1 Å². The summed E-state index contributed by atoms with van der Waals surface area (Å²) in [6.45, 7) is 0. The fourth-order valence-electron chi connectivity index (χ4n) is 2.85. The third kappa shape index (κ3) is 1.90. The van der Waals surface area contributed by atoms with Crippen LogP contribution in [-0.2, 0) is 0 Å². The summed E-state index contributed by atoms with van der Waals surface area (Å²) in [5.41, 5.74) is 10.3. The van der Waals surface area contributed by atoms with Gasteiger partial charge in [-0.15, -0.1) is 0 Å². The van der Waals surface area contributed by atoms with Crippen LogP contribution in [0.15, 0.2) is 60.9 Å². The number of imidazole rings is 1. The number of benzene rings is 2. The molecular weight excluding hydrogens is 248 g/mol. The van der Waals surface area contributed by atoms with Crippen molar-refractivity contribution < 1.29 is 0 Å². The molecule has 1 fully saturated rings. The van der Waals surface area contributed by atoms with Crippen molar-refractivity contribution in [3.63, 3.8) is 0 Å². The summed E-state index contributed by atoms with van der Waals surface area (Å²) >= 11 is 0. The molecule has 2 atom stereocenters. The first-order chi connectivity index (χ1) is 9.92. The third-order valence-corrected chi connectivity index (χ3v) is 3.90. The average Bonchev–Trinajstić information content (AvgIpc) is 3.14. The first-order valence-electron chi connectivity index (χ1n) is 6.89. The highest BCUT2D eigenvalue weighted by atomic mass is 15.5. The van der Waals surface area contributed by atoms with E-state index in [0.717, 1.165) is 11.9 Å². The first-order valence-corrected chi connectivity index (χ1v) is 6.89. The highest BCUT2D eigenvalue weighted by Gasteiger charge is 2.26. The summed E-state index contributed by atoms with van der Waals surface area (Å²) in [6.07, 6.45) is 3.15. The van der Waals surface area contributed by atoms with Gasteiger partial charge in [0, 0.05) is 12.5 Å². The number of nitrogens with one attached hydrogen (secondary N) is 2. The van der Waals surface area contributed by atoms with Crippen LogP contribution in [0.4, 0.5) is 0 Å². The number of hydrazine groups is 1. The Hall–Kier alpha value is -2.17. The number of para-hydroxylation sites is 2. The minimum atomic E-state index is 0.229. The van der Waals surface area contributed by atoms with Crippen molar-refractivity contribution in [2.24, 2.45) is 0 Å². The van der Waals surface area contributed by atoms with Gasteiger partial charge in [-0.2, -0.15) is 0 Å². The average molecular weight is 264 g/mol. The summed E-state index contributed by atoms with van der Waals surface area (Å²) in [6, 6.07) is 19.1. The molecule has 1 aromatic heterocycles. The van der Waals surface area contributed by atoms with E-state index in [0.29, 0.717) is 6.04 Å². The van der Waals surface area contributed by atoms with Crippen molar-refractivity contribution >= 4 is 11.0 Å². The zero-order valence-corrected chi connectivity index (χ0v) is 11.0. The van der Waals surface area contributed by atoms with Gasteiger partial charge in [0.05, 0.1) is 23.5 Å². The van der Waals surface area contributed by atoms with Crippen LogP contribution < -0.4 is 10.9 Å². The van der Waals surface area contributed by atoms with Crippen molar-refractivity contribution in [1.29, 1.82) is 0 Å². The van der Waals surface area contributed by atoms with E-state index in [1.807, 2.05) is 24.5 Å². The Balaban J connectivity index is 1.62. The smallest absolute Gasteiger partial charge is 0.0998 e. The molecule has 0 amide bonds. The van der Waals surface area contributed by atoms with E-state index < -0.39 is 0 Å². The van der Waals surface area contributed by atoms with E-state index in [1.54, 1.807) is 0 Å². The van der Waals surface area contributed by atoms with Gasteiger partial charge in [0.15, 0.2) is 0 Å². The lowest BCUT2D eigenvalue weighted by Gasteiger charge is -2.12. The SMILES string of the molecule is c1ccc(C2CC(n3cnc4ccccc43)NN2)cc1. The number of rotatable bonds is 2. The molecule has 4 rings (SSSR count). The number of hydrogen-bond acceptors (Lipinski definition) is 3. The van der Waals surface area contributed by atoms with Gasteiger partial charge in [0.25, 0.3) is 0 Å². The minimum absolute atomic E-state index is 0.229. The van der Waals surface area contributed by atoms with Crippen LogP contribution in [0.5, 0.6) is 0 Å². The highest BCUT2D eigenvalue weighted by Crippen LogP contribution is 2.29. The minimum Gasteiger partial charge on any atom is -0.313 e. The second kappa shape index (κ2) is 4.74. The molecule has 0 bridgehead atoms. The molecule has 2 heterocycles. The fourth-order valence-corrected chi connectivity index (χ4v) is 2.85. The van der Waals surface area contributed by atoms with Gasteiger partial charge in [0.1, 0.15) is 0 Å². The quantitative estimate of drug-likeness (QED) is 0.748. The topological polar surface area (TPSA) is 41.9 Å². The second-order valence-electron chi connectivity index (χ2n) is 5.14. The van der Waals surface area contributed by atoms with Gasteiger partial charge in [-0.25, -0.2) is 15.8 Å². The number of hydrogen-bond donors (Lipinski definition) is 2. The zero-order chi connectivity index (χ0) is 13.4. The van der Waals surface area contributed by atoms with E-state index in [4.69, 9.17) is 0 Å². The molecule has 1 saturated heterocycles. The largest absolute Gasteiger partial charge is 0.313 e. The maximum Gasteiger partial charge on any atom is 0.0998 e. The van der Waals surface area contributed by atoms with Gasteiger partial charge in [0.2, 0.25) is 0 Å². The zero-order valence-electron chi connectivity index (χ0n) is 11.0. The molecule has 2 aromatic carbocycles. The summed E-state index contributed by atoms with van der Waals surface area (Å²) < 4.78 is 2.20. The second-order valence-corrected chi connectivity index (χ2v) is 5.14. The van der Waals surface area contributed by atoms with Crippen LogP contribution in [0, 0.1) is 0 Å². The Bertz CT molecular complexity index is 719. The van der Waals surface area contributed by atoms with Crippen LogP contribution in [0.25, 0.3) is 11.0 Å². The number of fused-ring (bicyclic) bond motifs is 1. The Morgan fingerprint density at radius 2 is 1.75 bits per heavy atom. The van der Waals surface area contributed by atoms with Gasteiger partial charge < -0.3 is 4.57 Å². The van der Waals surface area contributed by atoms with E-state index in [-0.39, 0.29) is 6.17 Å². The predicted octanol–water partition coefficient (Wildman–Crippen LogP) is 2.77. The Kier molecular flexibility index (Phi) is 2.76. The van der Waals surface area contributed by atoms with Gasteiger partial charge >= 0.3 is 0 Å².